The molecule has 0 saturated heterocycles. The molecule has 0 aromatic heterocycles. The molecule has 120 valence electrons. The molecule has 0 spiro atoms. The van der Waals surface area contributed by atoms with Gasteiger partial charge in [0.15, 0.2) is 0 Å². The van der Waals surface area contributed by atoms with Crippen LogP contribution in [0.4, 0.5) is 0 Å². The lowest BCUT2D eigenvalue weighted by molar-refractivity contribution is -0.118. The number of benzene rings is 2. The Balaban J connectivity index is 1.88. The number of hydrogen-bond acceptors (Lipinski definition) is 4. The number of hydrogen-bond donors (Lipinski definition) is 1. The molecule has 1 amide bonds. The summed E-state index contributed by atoms with van der Waals surface area (Å²) < 4.78 is 5.17. The lowest BCUT2D eigenvalue weighted by Crippen LogP contribution is -2.21. The van der Waals surface area contributed by atoms with E-state index in [9.17, 15) is 4.79 Å². The second-order valence-corrected chi connectivity index (χ2v) is 6.19. The van der Waals surface area contributed by atoms with Crippen molar-refractivity contribution in [2.75, 3.05) is 12.9 Å². The Hall–Kier alpha value is -1.98. The zero-order chi connectivity index (χ0) is 16.7. The Labute approximate surface area is 144 Å². The van der Waals surface area contributed by atoms with E-state index in [-0.39, 0.29) is 11.7 Å². The van der Waals surface area contributed by atoms with E-state index in [2.05, 4.69) is 10.5 Å². The molecule has 4 nitrogen and oxygen atoms in total. The summed E-state index contributed by atoms with van der Waals surface area (Å²) >= 11 is 7.25. The number of rotatable bonds is 6. The molecule has 23 heavy (non-hydrogen) atoms. The molecule has 6 heteroatoms. The summed E-state index contributed by atoms with van der Waals surface area (Å²) in [5.74, 6) is 0.880. The smallest absolute Gasteiger partial charge is 0.250 e. The van der Waals surface area contributed by atoms with E-state index in [1.165, 1.54) is 11.8 Å². The SMILES string of the molecule is COc1cccc(/C(C)=N\NC(=O)CSc2ccc(Cl)cc2)c1. The van der Waals surface area contributed by atoms with Crippen LogP contribution in [-0.2, 0) is 4.79 Å². The Morgan fingerprint density at radius 2 is 2.00 bits per heavy atom. The van der Waals surface area contributed by atoms with Crippen LogP contribution < -0.4 is 10.2 Å². The summed E-state index contributed by atoms with van der Waals surface area (Å²) in [6, 6.07) is 14.9. The van der Waals surface area contributed by atoms with E-state index < -0.39 is 0 Å². The zero-order valence-electron chi connectivity index (χ0n) is 12.9. The summed E-state index contributed by atoms with van der Waals surface area (Å²) in [6.07, 6.45) is 0. The third-order valence-corrected chi connectivity index (χ3v) is 4.28. The number of nitrogens with zero attached hydrogens (tertiary/aromatic N) is 1. The van der Waals surface area contributed by atoms with Gasteiger partial charge < -0.3 is 4.74 Å². The topological polar surface area (TPSA) is 50.7 Å². The Bertz CT molecular complexity index is 702. The van der Waals surface area contributed by atoms with Gasteiger partial charge in [-0.3, -0.25) is 4.79 Å². The molecule has 0 bridgehead atoms. The number of thioether (sulfide) groups is 1. The van der Waals surface area contributed by atoms with Crippen LogP contribution in [0.2, 0.25) is 5.02 Å². The van der Waals surface area contributed by atoms with Gasteiger partial charge in [-0.05, 0) is 43.3 Å². The molecule has 2 rings (SSSR count). The number of amides is 1. The van der Waals surface area contributed by atoms with Crippen molar-refractivity contribution < 1.29 is 9.53 Å². The van der Waals surface area contributed by atoms with E-state index in [1.807, 2.05) is 43.3 Å². The largest absolute Gasteiger partial charge is 0.497 e. The van der Waals surface area contributed by atoms with Crippen molar-refractivity contribution in [1.29, 1.82) is 0 Å². The molecule has 0 aliphatic carbocycles. The molecule has 1 N–H and O–H groups in total. The zero-order valence-corrected chi connectivity index (χ0v) is 14.4. The summed E-state index contributed by atoms with van der Waals surface area (Å²) in [4.78, 5) is 12.8. The van der Waals surface area contributed by atoms with E-state index >= 15 is 0 Å². The highest BCUT2D eigenvalue weighted by Crippen LogP contribution is 2.20. The minimum absolute atomic E-state index is 0.160. The molecule has 0 aliphatic rings. The van der Waals surface area contributed by atoms with Crippen LogP contribution in [0.3, 0.4) is 0 Å². The molecular weight excluding hydrogens is 332 g/mol. The predicted molar refractivity (Wildman–Crippen MR) is 95.5 cm³/mol. The van der Waals surface area contributed by atoms with Gasteiger partial charge in [0.2, 0.25) is 5.91 Å². The molecule has 0 fully saturated rings. The first-order valence-corrected chi connectivity index (χ1v) is 8.31. The molecule has 0 atom stereocenters. The van der Waals surface area contributed by atoms with Crippen LogP contribution in [0.1, 0.15) is 12.5 Å². The number of carbonyl (C=O) groups is 1. The van der Waals surface area contributed by atoms with Crippen molar-refractivity contribution in [2.45, 2.75) is 11.8 Å². The first-order valence-electron chi connectivity index (χ1n) is 6.94. The summed E-state index contributed by atoms with van der Waals surface area (Å²) in [6.45, 7) is 1.83. The second kappa shape index (κ2) is 8.60. The highest BCUT2D eigenvalue weighted by atomic mass is 35.5. The quantitative estimate of drug-likeness (QED) is 0.488. The molecular formula is C17H17ClN2O2S. The minimum atomic E-state index is -0.160. The van der Waals surface area contributed by atoms with E-state index in [0.717, 1.165) is 16.2 Å². The van der Waals surface area contributed by atoms with Gasteiger partial charge in [-0.1, -0.05) is 23.7 Å². The van der Waals surface area contributed by atoms with Crippen LogP contribution >= 0.6 is 23.4 Å². The van der Waals surface area contributed by atoms with E-state index in [0.29, 0.717) is 10.7 Å². The van der Waals surface area contributed by atoms with Crippen molar-refractivity contribution in [3.63, 3.8) is 0 Å². The Morgan fingerprint density at radius 3 is 2.70 bits per heavy atom. The number of hydrazone groups is 1. The minimum Gasteiger partial charge on any atom is -0.497 e. The van der Waals surface area contributed by atoms with Crippen LogP contribution in [0, 0.1) is 0 Å². The normalized spacial score (nSPS) is 11.2. The van der Waals surface area contributed by atoms with E-state index in [4.69, 9.17) is 16.3 Å². The first-order chi connectivity index (χ1) is 11.1. The average Bonchev–Trinajstić information content (AvgIpc) is 2.59. The van der Waals surface area contributed by atoms with Gasteiger partial charge in [0.1, 0.15) is 5.75 Å². The molecule has 0 unspecified atom stereocenters. The summed E-state index contributed by atoms with van der Waals surface area (Å²) in [7, 11) is 1.61. The molecule has 0 saturated carbocycles. The maximum absolute atomic E-state index is 11.9. The van der Waals surface area contributed by atoms with Crippen molar-refractivity contribution in [3.05, 3.63) is 59.1 Å². The fraction of sp³-hybridized carbons (Fsp3) is 0.176. The molecule has 0 radical (unpaired) electrons. The fourth-order valence-corrected chi connectivity index (χ4v) is 2.59. The molecule has 0 aliphatic heterocycles. The second-order valence-electron chi connectivity index (χ2n) is 4.71. The average molecular weight is 349 g/mol. The predicted octanol–water partition coefficient (Wildman–Crippen LogP) is 3.98. The van der Waals surface area contributed by atoms with Crippen molar-refractivity contribution in [2.24, 2.45) is 5.10 Å². The van der Waals surface area contributed by atoms with Gasteiger partial charge >= 0.3 is 0 Å². The molecule has 2 aromatic rings. The maximum Gasteiger partial charge on any atom is 0.250 e. The first kappa shape index (κ1) is 17.4. The lowest BCUT2D eigenvalue weighted by atomic mass is 10.1. The third-order valence-electron chi connectivity index (χ3n) is 3.02. The van der Waals surface area contributed by atoms with Crippen molar-refractivity contribution in [3.8, 4) is 5.75 Å². The van der Waals surface area contributed by atoms with Gasteiger partial charge in [0, 0.05) is 15.5 Å². The van der Waals surface area contributed by atoms with Crippen molar-refractivity contribution >= 4 is 35.0 Å². The van der Waals surface area contributed by atoms with Crippen molar-refractivity contribution in [1.82, 2.24) is 5.43 Å². The number of halogens is 1. The van der Waals surface area contributed by atoms with E-state index in [1.54, 1.807) is 19.2 Å². The molecule has 2 aromatic carbocycles. The molecule has 0 heterocycles. The van der Waals surface area contributed by atoms with Gasteiger partial charge in [-0.15, -0.1) is 11.8 Å². The third kappa shape index (κ3) is 5.62. The van der Waals surface area contributed by atoms with Crippen LogP contribution in [0.15, 0.2) is 58.5 Å². The number of nitrogens with one attached hydrogen (secondary N) is 1. The highest BCUT2D eigenvalue weighted by molar-refractivity contribution is 8.00. The lowest BCUT2D eigenvalue weighted by Gasteiger charge is -2.05. The fourth-order valence-electron chi connectivity index (χ4n) is 1.77. The van der Waals surface area contributed by atoms with Gasteiger partial charge in [-0.25, -0.2) is 5.43 Å². The van der Waals surface area contributed by atoms with Crippen LogP contribution in [0.5, 0.6) is 5.75 Å². The number of carbonyl (C=O) groups excluding carboxylic acids is 1. The summed E-state index contributed by atoms with van der Waals surface area (Å²) in [5, 5.41) is 4.80. The highest BCUT2D eigenvalue weighted by Gasteiger charge is 2.04. The van der Waals surface area contributed by atoms with Crippen LogP contribution in [0.25, 0.3) is 0 Å². The monoisotopic (exact) mass is 348 g/mol. The number of ether oxygens (including phenoxy) is 1. The van der Waals surface area contributed by atoms with Crippen LogP contribution in [-0.4, -0.2) is 24.5 Å². The standard InChI is InChI=1S/C17H17ClN2O2S/c1-12(13-4-3-5-15(10-13)22-2)19-20-17(21)11-23-16-8-6-14(18)7-9-16/h3-10H,11H2,1-2H3,(H,20,21)/b19-12-. The van der Waals surface area contributed by atoms with Gasteiger partial charge in [-0.2, -0.15) is 5.10 Å². The maximum atomic E-state index is 11.9. The van der Waals surface area contributed by atoms with Gasteiger partial charge in [0.25, 0.3) is 0 Å². The van der Waals surface area contributed by atoms with Gasteiger partial charge in [0.05, 0.1) is 18.6 Å². The summed E-state index contributed by atoms with van der Waals surface area (Å²) in [5.41, 5.74) is 4.18. The number of methoxy groups -OCH3 is 1. The Morgan fingerprint density at radius 1 is 1.26 bits per heavy atom. The Kier molecular flexibility index (Phi) is 6.50.